The maximum atomic E-state index is 11.5. The Morgan fingerprint density at radius 2 is 2.24 bits per heavy atom. The highest BCUT2D eigenvalue weighted by atomic mass is 35.7. The summed E-state index contributed by atoms with van der Waals surface area (Å²) in [7, 11) is 1.08. The highest BCUT2D eigenvalue weighted by Gasteiger charge is 2.25. The first-order chi connectivity index (χ1) is 9.77. The van der Waals surface area contributed by atoms with Gasteiger partial charge in [-0.15, -0.1) is 0 Å². The van der Waals surface area contributed by atoms with Crippen molar-refractivity contribution in [1.29, 1.82) is 0 Å². The Kier molecular flexibility index (Phi) is 4.24. The molecule has 1 heterocycles. The van der Waals surface area contributed by atoms with Gasteiger partial charge in [0.25, 0.3) is 9.05 Å². The number of nitrogens with one attached hydrogen (secondary N) is 1. The Morgan fingerprint density at radius 3 is 2.76 bits per heavy atom. The summed E-state index contributed by atoms with van der Waals surface area (Å²) in [6.45, 7) is 0.138. The summed E-state index contributed by atoms with van der Waals surface area (Å²) in [5.74, 6) is -1.41. The number of aromatic carboxylic acids is 1. The first kappa shape index (κ1) is 15.4. The maximum Gasteiger partial charge on any atom is 0.407 e. The molecule has 1 aromatic carbocycles. The van der Waals surface area contributed by atoms with Crippen LogP contribution in [0.25, 0.3) is 0 Å². The number of benzene rings is 1. The lowest BCUT2D eigenvalue weighted by Crippen LogP contribution is -2.22. The molecule has 1 amide bonds. The Morgan fingerprint density at radius 1 is 1.52 bits per heavy atom. The molecule has 0 aliphatic carbocycles. The van der Waals surface area contributed by atoms with Crippen molar-refractivity contribution in [2.75, 3.05) is 13.2 Å². The molecule has 10 heteroatoms. The summed E-state index contributed by atoms with van der Waals surface area (Å²) < 4.78 is 33.0. The second kappa shape index (κ2) is 5.78. The largest absolute Gasteiger partial charge is 0.488 e. The maximum absolute atomic E-state index is 11.5. The van der Waals surface area contributed by atoms with Gasteiger partial charge in [0.05, 0.1) is 12.1 Å². The summed E-state index contributed by atoms with van der Waals surface area (Å²) in [5.41, 5.74) is -0.240. The fraction of sp³-hybridized carbons (Fsp3) is 0.273. The Hall–Kier alpha value is -2.00. The van der Waals surface area contributed by atoms with Gasteiger partial charge in [0, 0.05) is 10.7 Å². The van der Waals surface area contributed by atoms with Crippen LogP contribution in [0.1, 0.15) is 10.4 Å². The molecule has 1 unspecified atom stereocenters. The number of carboxylic acid groups (broad SMARTS) is 1. The molecule has 2 rings (SSSR count). The minimum absolute atomic E-state index is 0.0927. The fourth-order valence-corrected chi connectivity index (χ4v) is 2.66. The molecule has 21 heavy (non-hydrogen) atoms. The number of cyclic esters (lactones) is 1. The molecular formula is C11H10ClNO7S. The smallest absolute Gasteiger partial charge is 0.407 e. The molecule has 114 valence electrons. The fourth-order valence-electron chi connectivity index (χ4n) is 1.66. The van der Waals surface area contributed by atoms with Gasteiger partial charge in [0.1, 0.15) is 17.3 Å². The van der Waals surface area contributed by atoms with Gasteiger partial charge in [0.15, 0.2) is 6.10 Å². The molecule has 1 aliphatic heterocycles. The van der Waals surface area contributed by atoms with Gasteiger partial charge >= 0.3 is 12.1 Å². The zero-order valence-corrected chi connectivity index (χ0v) is 12.0. The van der Waals surface area contributed by atoms with Crippen molar-refractivity contribution in [2.24, 2.45) is 0 Å². The number of ether oxygens (including phenoxy) is 2. The van der Waals surface area contributed by atoms with Crippen molar-refractivity contribution in [3.63, 3.8) is 0 Å². The van der Waals surface area contributed by atoms with E-state index in [4.69, 9.17) is 25.3 Å². The third-order valence-corrected chi connectivity index (χ3v) is 3.97. The minimum Gasteiger partial charge on any atom is -0.488 e. The summed E-state index contributed by atoms with van der Waals surface area (Å²) >= 11 is 0. The number of carbonyl (C=O) groups excluding carboxylic acids is 1. The number of rotatable bonds is 5. The average Bonchev–Trinajstić information content (AvgIpc) is 2.81. The molecule has 8 nitrogen and oxygen atoms in total. The van der Waals surface area contributed by atoms with E-state index in [1.807, 2.05) is 0 Å². The topological polar surface area (TPSA) is 119 Å². The summed E-state index contributed by atoms with van der Waals surface area (Å²) in [4.78, 5) is 21.2. The van der Waals surface area contributed by atoms with Gasteiger partial charge in [0.2, 0.25) is 0 Å². The monoisotopic (exact) mass is 335 g/mol. The van der Waals surface area contributed by atoms with Crippen LogP contribution in [0, 0.1) is 0 Å². The van der Waals surface area contributed by atoms with Crippen LogP contribution in [0.2, 0.25) is 0 Å². The summed E-state index contributed by atoms with van der Waals surface area (Å²) in [6.07, 6.45) is -1.16. The molecule has 0 bridgehead atoms. The van der Waals surface area contributed by atoms with Crippen LogP contribution in [0.4, 0.5) is 4.79 Å². The van der Waals surface area contributed by atoms with Gasteiger partial charge in [-0.05, 0) is 18.2 Å². The minimum atomic E-state index is -4.19. The molecule has 2 N–H and O–H groups in total. The molecule has 1 aromatic rings. The summed E-state index contributed by atoms with van der Waals surface area (Å²) in [6, 6.07) is 3.27. The third-order valence-electron chi connectivity index (χ3n) is 2.63. The predicted molar refractivity (Wildman–Crippen MR) is 70.2 cm³/mol. The first-order valence-electron chi connectivity index (χ1n) is 5.66. The second-order valence-electron chi connectivity index (χ2n) is 4.12. The van der Waals surface area contributed by atoms with Gasteiger partial charge in [-0.25, -0.2) is 18.0 Å². The van der Waals surface area contributed by atoms with Crippen molar-refractivity contribution in [3.8, 4) is 5.75 Å². The van der Waals surface area contributed by atoms with E-state index in [0.717, 1.165) is 6.07 Å². The molecule has 0 radical (unpaired) electrons. The van der Waals surface area contributed by atoms with Crippen molar-refractivity contribution in [3.05, 3.63) is 23.8 Å². The van der Waals surface area contributed by atoms with Gasteiger partial charge in [-0.1, -0.05) is 0 Å². The molecule has 0 aromatic heterocycles. The number of hydrogen-bond donors (Lipinski definition) is 2. The van der Waals surface area contributed by atoms with Gasteiger partial charge < -0.3 is 19.9 Å². The van der Waals surface area contributed by atoms with Gasteiger partial charge in [-0.3, -0.25) is 0 Å². The molecular weight excluding hydrogens is 326 g/mol. The Labute approximate surface area is 124 Å². The normalized spacial score (nSPS) is 18.0. The highest BCUT2D eigenvalue weighted by molar-refractivity contribution is 8.13. The number of amides is 1. The molecule has 1 aliphatic rings. The van der Waals surface area contributed by atoms with Gasteiger partial charge in [-0.2, -0.15) is 0 Å². The van der Waals surface area contributed by atoms with E-state index in [0.29, 0.717) is 0 Å². The molecule has 0 spiro atoms. The quantitative estimate of drug-likeness (QED) is 0.764. The standard InChI is InChI=1S/C11H10ClNO7S/c12-21(17,18)9-3-6(10(14)15)1-2-8(9)19-5-7-4-13-11(16)20-7/h1-3,7H,4-5H2,(H,13,16)(H,14,15). The van der Waals surface area contributed by atoms with E-state index in [-0.39, 0.29) is 24.5 Å². The number of carbonyl (C=O) groups is 2. The number of hydrogen-bond acceptors (Lipinski definition) is 6. The first-order valence-corrected chi connectivity index (χ1v) is 7.97. The van der Waals surface area contributed by atoms with Crippen LogP contribution in [0.15, 0.2) is 23.1 Å². The van der Waals surface area contributed by atoms with E-state index in [1.165, 1.54) is 12.1 Å². The van der Waals surface area contributed by atoms with Crippen LogP contribution in [0.5, 0.6) is 5.75 Å². The third kappa shape index (κ3) is 3.76. The lowest BCUT2D eigenvalue weighted by molar-refractivity contribution is 0.0696. The molecule has 1 atom stereocenters. The van der Waals surface area contributed by atoms with Crippen LogP contribution in [-0.4, -0.2) is 44.8 Å². The predicted octanol–water partition coefficient (Wildman–Crippen LogP) is 0.800. The number of halogens is 1. The van der Waals surface area contributed by atoms with E-state index in [2.05, 4.69) is 5.32 Å². The Bertz CT molecular complexity index is 688. The second-order valence-corrected chi connectivity index (χ2v) is 6.66. The summed E-state index contributed by atoms with van der Waals surface area (Å²) in [5, 5.41) is 11.3. The van der Waals surface area contributed by atoms with Crippen molar-refractivity contribution >= 4 is 31.8 Å². The van der Waals surface area contributed by atoms with Crippen molar-refractivity contribution in [1.82, 2.24) is 5.32 Å². The SMILES string of the molecule is O=C1NCC(COc2ccc(C(=O)O)cc2S(=O)(=O)Cl)O1. The molecule has 1 saturated heterocycles. The van der Waals surface area contributed by atoms with Crippen LogP contribution >= 0.6 is 10.7 Å². The Balaban J connectivity index is 2.22. The van der Waals surface area contributed by atoms with E-state index < -0.39 is 32.1 Å². The van der Waals surface area contributed by atoms with Crippen molar-refractivity contribution < 1.29 is 32.6 Å². The highest BCUT2D eigenvalue weighted by Crippen LogP contribution is 2.28. The number of carboxylic acids is 1. The molecule has 0 saturated carbocycles. The number of alkyl carbamates (subject to hydrolysis) is 1. The lowest BCUT2D eigenvalue weighted by atomic mass is 10.2. The zero-order chi connectivity index (χ0) is 15.6. The van der Waals surface area contributed by atoms with Crippen LogP contribution in [-0.2, 0) is 13.8 Å². The van der Waals surface area contributed by atoms with E-state index >= 15 is 0 Å². The van der Waals surface area contributed by atoms with Crippen LogP contribution in [0.3, 0.4) is 0 Å². The van der Waals surface area contributed by atoms with Crippen LogP contribution < -0.4 is 10.1 Å². The average molecular weight is 336 g/mol. The van der Waals surface area contributed by atoms with Crippen molar-refractivity contribution in [2.45, 2.75) is 11.0 Å². The van der Waals surface area contributed by atoms with E-state index in [9.17, 15) is 18.0 Å². The zero-order valence-electron chi connectivity index (χ0n) is 10.4. The lowest BCUT2D eigenvalue weighted by Gasteiger charge is -2.13. The molecule has 1 fully saturated rings. The van der Waals surface area contributed by atoms with E-state index in [1.54, 1.807) is 0 Å².